The quantitative estimate of drug-likeness (QED) is 0.735. The smallest absolute Gasteiger partial charge is 0.412 e. The highest BCUT2D eigenvalue weighted by Crippen LogP contribution is 2.38. The molecule has 8 heteroatoms. The van der Waals surface area contributed by atoms with Gasteiger partial charge in [-0.1, -0.05) is 37.3 Å². The molecule has 0 fully saturated rings. The van der Waals surface area contributed by atoms with E-state index in [4.69, 9.17) is 4.74 Å². The SMILES string of the molecule is CCc1nnc2c(C)cc(OC3CC(C(F)(F)F)=CC=C3C3=CC=CCC3)nn12. The highest BCUT2D eigenvalue weighted by Gasteiger charge is 2.38. The Balaban J connectivity index is 1.71. The molecule has 0 spiro atoms. The number of rotatable bonds is 4. The molecule has 4 rings (SSSR count). The van der Waals surface area contributed by atoms with Gasteiger partial charge < -0.3 is 4.74 Å². The van der Waals surface area contributed by atoms with Crippen LogP contribution in [-0.2, 0) is 6.42 Å². The molecular weight excluding hydrogens is 381 g/mol. The standard InChI is InChI=1S/C21H21F3N4O/c1-3-18-25-26-20-13(2)11-19(27-28(18)20)29-17-12-15(21(22,23)24)9-10-16(17)14-7-5-4-6-8-14/h4-5,7,9-11,17H,3,6,8,12H2,1-2H3. The normalized spacial score (nSPS) is 19.8. The molecule has 152 valence electrons. The molecule has 0 aliphatic heterocycles. The molecule has 0 aromatic carbocycles. The first-order chi connectivity index (χ1) is 13.9. The van der Waals surface area contributed by atoms with Crippen LogP contribution in [0.25, 0.3) is 5.65 Å². The van der Waals surface area contributed by atoms with Gasteiger partial charge in [0, 0.05) is 30.0 Å². The van der Waals surface area contributed by atoms with Crippen molar-refractivity contribution in [3.8, 4) is 5.88 Å². The highest BCUT2D eigenvalue weighted by molar-refractivity contribution is 5.48. The number of halogens is 3. The second-order valence-corrected chi connectivity index (χ2v) is 7.15. The van der Waals surface area contributed by atoms with Crippen LogP contribution < -0.4 is 4.74 Å². The van der Waals surface area contributed by atoms with E-state index >= 15 is 0 Å². The van der Waals surface area contributed by atoms with Gasteiger partial charge in [0.15, 0.2) is 11.5 Å². The van der Waals surface area contributed by atoms with Gasteiger partial charge in [0.2, 0.25) is 5.88 Å². The number of ether oxygens (including phenoxy) is 1. The summed E-state index contributed by atoms with van der Waals surface area (Å²) in [6.07, 6.45) is 5.45. The first-order valence-corrected chi connectivity index (χ1v) is 9.59. The van der Waals surface area contributed by atoms with Crippen LogP contribution in [0.4, 0.5) is 13.2 Å². The van der Waals surface area contributed by atoms with Crippen LogP contribution in [0.3, 0.4) is 0 Å². The molecular formula is C21H21F3N4O. The van der Waals surface area contributed by atoms with Gasteiger partial charge >= 0.3 is 6.18 Å². The van der Waals surface area contributed by atoms with Gasteiger partial charge in [0.05, 0.1) is 0 Å². The highest BCUT2D eigenvalue weighted by atomic mass is 19.4. The van der Waals surface area contributed by atoms with Crippen molar-refractivity contribution >= 4 is 5.65 Å². The first kappa shape index (κ1) is 19.4. The monoisotopic (exact) mass is 402 g/mol. The van der Waals surface area contributed by atoms with Crippen molar-refractivity contribution in [2.45, 2.75) is 51.8 Å². The Hall–Kier alpha value is -2.90. The minimum atomic E-state index is -4.39. The van der Waals surface area contributed by atoms with Crippen molar-refractivity contribution in [1.82, 2.24) is 19.8 Å². The number of hydrogen-bond donors (Lipinski definition) is 0. The number of aromatic nitrogens is 4. The molecule has 5 nitrogen and oxygen atoms in total. The minimum Gasteiger partial charge on any atom is -0.468 e. The lowest BCUT2D eigenvalue weighted by Crippen LogP contribution is -2.28. The average Bonchev–Trinajstić information content (AvgIpc) is 3.11. The maximum atomic E-state index is 13.3. The molecule has 2 aliphatic carbocycles. The number of hydrogen-bond acceptors (Lipinski definition) is 4. The van der Waals surface area contributed by atoms with E-state index in [1.165, 1.54) is 6.08 Å². The molecule has 2 aromatic rings. The Morgan fingerprint density at radius 1 is 1.21 bits per heavy atom. The number of nitrogens with zero attached hydrogens (tertiary/aromatic N) is 4. The lowest BCUT2D eigenvalue weighted by molar-refractivity contribution is -0.0962. The average molecular weight is 402 g/mol. The Kier molecular flexibility index (Phi) is 5.02. The predicted octanol–water partition coefficient (Wildman–Crippen LogP) is 4.84. The molecule has 0 bridgehead atoms. The van der Waals surface area contributed by atoms with Gasteiger partial charge in [-0.05, 0) is 30.9 Å². The van der Waals surface area contributed by atoms with Gasteiger partial charge in [-0.2, -0.15) is 17.7 Å². The molecule has 29 heavy (non-hydrogen) atoms. The molecule has 0 amide bonds. The van der Waals surface area contributed by atoms with E-state index in [2.05, 4.69) is 15.3 Å². The number of aryl methyl sites for hydroxylation is 2. The van der Waals surface area contributed by atoms with Crippen LogP contribution in [0, 0.1) is 6.92 Å². The van der Waals surface area contributed by atoms with Gasteiger partial charge in [-0.3, -0.25) is 0 Å². The zero-order chi connectivity index (χ0) is 20.6. The summed E-state index contributed by atoms with van der Waals surface area (Å²) < 4.78 is 47.7. The van der Waals surface area contributed by atoms with E-state index in [1.54, 1.807) is 10.6 Å². The fourth-order valence-electron chi connectivity index (χ4n) is 3.61. The van der Waals surface area contributed by atoms with Gasteiger partial charge in [0.1, 0.15) is 6.10 Å². The largest absolute Gasteiger partial charge is 0.468 e. The van der Waals surface area contributed by atoms with Crippen LogP contribution in [0.15, 0.2) is 53.2 Å². The molecule has 0 radical (unpaired) electrons. The van der Waals surface area contributed by atoms with Gasteiger partial charge in [-0.15, -0.1) is 15.3 Å². The molecule has 0 saturated carbocycles. The summed E-state index contributed by atoms with van der Waals surface area (Å²) in [7, 11) is 0. The topological polar surface area (TPSA) is 52.3 Å². The molecule has 0 saturated heterocycles. The fraction of sp³-hybridized carbons (Fsp3) is 0.381. The van der Waals surface area contributed by atoms with Crippen molar-refractivity contribution < 1.29 is 17.9 Å². The second kappa shape index (κ2) is 7.50. The number of alkyl halides is 3. The van der Waals surface area contributed by atoms with Crippen LogP contribution >= 0.6 is 0 Å². The Morgan fingerprint density at radius 3 is 2.72 bits per heavy atom. The predicted molar refractivity (Wildman–Crippen MR) is 103 cm³/mol. The summed E-state index contributed by atoms with van der Waals surface area (Å²) in [6.45, 7) is 3.79. The maximum absolute atomic E-state index is 13.3. The van der Waals surface area contributed by atoms with Crippen molar-refractivity contribution in [3.63, 3.8) is 0 Å². The third-order valence-electron chi connectivity index (χ3n) is 5.14. The van der Waals surface area contributed by atoms with E-state index in [9.17, 15) is 13.2 Å². The maximum Gasteiger partial charge on any atom is 0.412 e. The van der Waals surface area contributed by atoms with Crippen LogP contribution in [-0.4, -0.2) is 32.1 Å². The molecule has 1 unspecified atom stereocenters. The zero-order valence-electron chi connectivity index (χ0n) is 16.2. The van der Waals surface area contributed by atoms with Crippen LogP contribution in [0.1, 0.15) is 37.6 Å². The van der Waals surface area contributed by atoms with Crippen LogP contribution in [0.5, 0.6) is 5.88 Å². The molecule has 2 aromatic heterocycles. The first-order valence-electron chi connectivity index (χ1n) is 9.59. The lowest BCUT2D eigenvalue weighted by atomic mass is 9.86. The summed E-state index contributed by atoms with van der Waals surface area (Å²) in [4.78, 5) is 0. The van der Waals surface area contributed by atoms with Crippen molar-refractivity contribution in [1.29, 1.82) is 0 Å². The van der Waals surface area contributed by atoms with E-state index in [0.717, 1.165) is 35.6 Å². The lowest BCUT2D eigenvalue weighted by Gasteiger charge is -2.28. The third-order valence-corrected chi connectivity index (χ3v) is 5.14. The van der Waals surface area contributed by atoms with Crippen molar-refractivity contribution in [2.75, 3.05) is 0 Å². The van der Waals surface area contributed by atoms with E-state index in [1.807, 2.05) is 32.1 Å². The number of allylic oxidation sites excluding steroid dienone is 5. The van der Waals surface area contributed by atoms with Crippen LogP contribution in [0.2, 0.25) is 0 Å². The Morgan fingerprint density at radius 2 is 2.03 bits per heavy atom. The second-order valence-electron chi connectivity index (χ2n) is 7.15. The van der Waals surface area contributed by atoms with Crippen molar-refractivity contribution in [3.05, 3.63) is 64.6 Å². The Bertz CT molecular complexity index is 1060. The zero-order valence-corrected chi connectivity index (χ0v) is 16.2. The summed E-state index contributed by atoms with van der Waals surface area (Å²) in [5.41, 5.74) is 2.57. The summed E-state index contributed by atoms with van der Waals surface area (Å²) in [5.74, 6) is 0.930. The molecule has 2 heterocycles. The fourth-order valence-corrected chi connectivity index (χ4v) is 3.61. The number of fused-ring (bicyclic) bond motifs is 1. The minimum absolute atomic E-state index is 0.252. The van der Waals surface area contributed by atoms with Gasteiger partial charge in [-0.25, -0.2) is 0 Å². The Labute approximate surface area is 166 Å². The van der Waals surface area contributed by atoms with E-state index in [0.29, 0.717) is 17.9 Å². The summed E-state index contributed by atoms with van der Waals surface area (Å²) in [5, 5.41) is 12.7. The third kappa shape index (κ3) is 3.83. The van der Waals surface area contributed by atoms with E-state index in [-0.39, 0.29) is 12.3 Å². The molecule has 1 atom stereocenters. The summed E-state index contributed by atoms with van der Waals surface area (Å²) >= 11 is 0. The van der Waals surface area contributed by atoms with Crippen molar-refractivity contribution in [2.24, 2.45) is 0 Å². The van der Waals surface area contributed by atoms with E-state index < -0.39 is 17.9 Å². The molecule has 2 aliphatic rings. The molecule has 0 N–H and O–H groups in total. The summed E-state index contributed by atoms with van der Waals surface area (Å²) in [6, 6.07) is 1.70. The van der Waals surface area contributed by atoms with Gasteiger partial charge in [0.25, 0.3) is 0 Å².